The van der Waals surface area contributed by atoms with Crippen LogP contribution in [0.3, 0.4) is 0 Å². The number of methoxy groups -OCH3 is 1. The Bertz CT molecular complexity index is 766. The molecule has 0 aliphatic rings. The zero-order valence-electron chi connectivity index (χ0n) is 11.9. The Kier molecular flexibility index (Phi) is 3.88. The van der Waals surface area contributed by atoms with Crippen LogP contribution in [0.15, 0.2) is 57.4 Å². The predicted molar refractivity (Wildman–Crippen MR) is 88.9 cm³/mol. The van der Waals surface area contributed by atoms with Gasteiger partial charge in [-0.2, -0.15) is 0 Å². The molecule has 2 aromatic carbocycles. The Labute approximate surface area is 132 Å². The van der Waals surface area contributed by atoms with E-state index in [1.165, 1.54) is 0 Å². The van der Waals surface area contributed by atoms with E-state index in [4.69, 9.17) is 9.15 Å². The quantitative estimate of drug-likeness (QED) is 0.689. The molecule has 1 unspecified atom stereocenters. The molecule has 108 valence electrons. The van der Waals surface area contributed by atoms with Crippen molar-refractivity contribution in [3.63, 3.8) is 0 Å². The molecular weight excluding hydrogens is 330 g/mol. The highest BCUT2D eigenvalue weighted by Gasteiger charge is 2.13. The first-order valence-electron chi connectivity index (χ1n) is 6.76. The highest BCUT2D eigenvalue weighted by atomic mass is 79.9. The molecule has 4 heteroatoms. The number of fused-ring (bicyclic) bond motifs is 1. The van der Waals surface area contributed by atoms with Crippen molar-refractivity contribution in [1.29, 1.82) is 0 Å². The molecule has 1 atom stereocenters. The summed E-state index contributed by atoms with van der Waals surface area (Å²) in [5.41, 5.74) is 1.84. The summed E-state index contributed by atoms with van der Waals surface area (Å²) >= 11 is 3.48. The molecule has 3 rings (SSSR count). The van der Waals surface area contributed by atoms with Gasteiger partial charge in [0.05, 0.1) is 18.8 Å². The standard InChI is InChI=1S/C17H16BrNO2/c1-11(19-14-5-3-4-6-16(14)20-2)17-10-12-9-13(18)7-8-15(12)21-17/h3-11,19H,1-2H3. The molecule has 0 fully saturated rings. The van der Waals surface area contributed by atoms with Gasteiger partial charge in [-0.25, -0.2) is 0 Å². The lowest BCUT2D eigenvalue weighted by Gasteiger charge is -2.15. The van der Waals surface area contributed by atoms with Crippen LogP contribution in [0.25, 0.3) is 11.0 Å². The van der Waals surface area contributed by atoms with Gasteiger partial charge in [0.2, 0.25) is 0 Å². The molecule has 0 amide bonds. The van der Waals surface area contributed by atoms with E-state index >= 15 is 0 Å². The lowest BCUT2D eigenvalue weighted by atomic mass is 10.2. The number of ether oxygens (including phenoxy) is 1. The number of hydrogen-bond acceptors (Lipinski definition) is 3. The zero-order chi connectivity index (χ0) is 14.8. The van der Waals surface area contributed by atoms with Crippen LogP contribution in [-0.4, -0.2) is 7.11 Å². The molecule has 0 radical (unpaired) electrons. The van der Waals surface area contributed by atoms with Gasteiger partial charge in [0.25, 0.3) is 0 Å². The predicted octanol–water partition coefficient (Wildman–Crippen LogP) is 5.38. The highest BCUT2D eigenvalue weighted by molar-refractivity contribution is 9.10. The largest absolute Gasteiger partial charge is 0.495 e. The molecule has 0 spiro atoms. The number of para-hydroxylation sites is 2. The number of nitrogens with one attached hydrogen (secondary N) is 1. The summed E-state index contributed by atoms with van der Waals surface area (Å²) in [4.78, 5) is 0. The van der Waals surface area contributed by atoms with Crippen molar-refractivity contribution in [2.45, 2.75) is 13.0 Å². The van der Waals surface area contributed by atoms with E-state index in [0.717, 1.165) is 32.6 Å². The average Bonchev–Trinajstić information content (AvgIpc) is 2.91. The molecule has 1 aromatic heterocycles. The van der Waals surface area contributed by atoms with Gasteiger partial charge in [0.15, 0.2) is 0 Å². The number of rotatable bonds is 4. The highest BCUT2D eigenvalue weighted by Crippen LogP contribution is 2.31. The summed E-state index contributed by atoms with van der Waals surface area (Å²) in [6, 6.07) is 16.0. The van der Waals surface area contributed by atoms with E-state index in [2.05, 4.69) is 40.3 Å². The van der Waals surface area contributed by atoms with Gasteiger partial charge in [-0.05, 0) is 43.3 Å². The van der Waals surface area contributed by atoms with Crippen molar-refractivity contribution >= 4 is 32.6 Å². The number of hydrogen-bond donors (Lipinski definition) is 1. The molecule has 0 saturated heterocycles. The molecule has 0 aliphatic heterocycles. The fourth-order valence-corrected chi connectivity index (χ4v) is 2.70. The molecule has 21 heavy (non-hydrogen) atoms. The molecule has 0 saturated carbocycles. The number of anilines is 1. The van der Waals surface area contributed by atoms with Crippen LogP contribution in [0.5, 0.6) is 5.75 Å². The topological polar surface area (TPSA) is 34.4 Å². The summed E-state index contributed by atoms with van der Waals surface area (Å²) in [5, 5.41) is 4.51. The lowest BCUT2D eigenvalue weighted by Crippen LogP contribution is -2.06. The first-order chi connectivity index (χ1) is 10.2. The van der Waals surface area contributed by atoms with Gasteiger partial charge in [0.1, 0.15) is 17.1 Å². The minimum absolute atomic E-state index is 0.0486. The summed E-state index contributed by atoms with van der Waals surface area (Å²) in [7, 11) is 1.67. The second-order valence-corrected chi connectivity index (χ2v) is 5.81. The Balaban J connectivity index is 1.88. The van der Waals surface area contributed by atoms with E-state index in [-0.39, 0.29) is 6.04 Å². The third-order valence-electron chi connectivity index (χ3n) is 3.40. The maximum absolute atomic E-state index is 5.91. The van der Waals surface area contributed by atoms with E-state index < -0.39 is 0 Å². The molecule has 3 nitrogen and oxygen atoms in total. The first kappa shape index (κ1) is 14.0. The van der Waals surface area contributed by atoms with Gasteiger partial charge >= 0.3 is 0 Å². The fourth-order valence-electron chi connectivity index (χ4n) is 2.32. The van der Waals surface area contributed by atoms with Crippen molar-refractivity contribution in [1.82, 2.24) is 0 Å². The smallest absolute Gasteiger partial charge is 0.141 e. The van der Waals surface area contributed by atoms with Gasteiger partial charge in [0, 0.05) is 9.86 Å². The van der Waals surface area contributed by atoms with Crippen LogP contribution in [0.1, 0.15) is 18.7 Å². The van der Waals surface area contributed by atoms with E-state index in [9.17, 15) is 0 Å². The van der Waals surface area contributed by atoms with Crippen LogP contribution in [0.2, 0.25) is 0 Å². The van der Waals surface area contributed by atoms with Crippen LogP contribution in [0, 0.1) is 0 Å². The van der Waals surface area contributed by atoms with E-state index in [0.29, 0.717) is 0 Å². The second kappa shape index (κ2) is 5.82. The number of halogens is 1. The van der Waals surface area contributed by atoms with Gasteiger partial charge in [-0.15, -0.1) is 0 Å². The maximum Gasteiger partial charge on any atom is 0.141 e. The number of benzene rings is 2. The van der Waals surface area contributed by atoms with Crippen molar-refractivity contribution in [3.05, 3.63) is 58.8 Å². The Hall–Kier alpha value is -1.94. The minimum Gasteiger partial charge on any atom is -0.495 e. The molecule has 0 bridgehead atoms. The van der Waals surface area contributed by atoms with Crippen LogP contribution in [0.4, 0.5) is 5.69 Å². The SMILES string of the molecule is COc1ccccc1NC(C)c1cc2cc(Br)ccc2o1. The third kappa shape index (κ3) is 2.90. The van der Waals surface area contributed by atoms with Gasteiger partial charge < -0.3 is 14.5 Å². The minimum atomic E-state index is 0.0486. The van der Waals surface area contributed by atoms with Gasteiger partial charge in [-0.3, -0.25) is 0 Å². The zero-order valence-corrected chi connectivity index (χ0v) is 13.5. The van der Waals surface area contributed by atoms with Crippen LogP contribution >= 0.6 is 15.9 Å². The van der Waals surface area contributed by atoms with Crippen molar-refractivity contribution in [2.75, 3.05) is 12.4 Å². The second-order valence-electron chi connectivity index (χ2n) is 4.90. The monoisotopic (exact) mass is 345 g/mol. The van der Waals surface area contributed by atoms with E-state index in [1.807, 2.05) is 36.4 Å². The summed E-state index contributed by atoms with van der Waals surface area (Å²) in [5.74, 6) is 1.72. The summed E-state index contributed by atoms with van der Waals surface area (Å²) in [6.45, 7) is 2.07. The molecule has 1 N–H and O–H groups in total. The molecule has 1 heterocycles. The molecule has 3 aromatic rings. The van der Waals surface area contributed by atoms with Crippen LogP contribution < -0.4 is 10.1 Å². The summed E-state index contributed by atoms with van der Waals surface area (Å²) in [6.07, 6.45) is 0. The van der Waals surface area contributed by atoms with Crippen LogP contribution in [-0.2, 0) is 0 Å². The lowest BCUT2D eigenvalue weighted by molar-refractivity contribution is 0.415. The van der Waals surface area contributed by atoms with E-state index in [1.54, 1.807) is 7.11 Å². The van der Waals surface area contributed by atoms with Crippen molar-refractivity contribution in [3.8, 4) is 5.75 Å². The Morgan fingerprint density at radius 2 is 1.95 bits per heavy atom. The molecule has 0 aliphatic carbocycles. The van der Waals surface area contributed by atoms with Crippen molar-refractivity contribution in [2.24, 2.45) is 0 Å². The average molecular weight is 346 g/mol. The Morgan fingerprint density at radius 3 is 2.76 bits per heavy atom. The van der Waals surface area contributed by atoms with Crippen molar-refractivity contribution < 1.29 is 9.15 Å². The maximum atomic E-state index is 5.91. The fraction of sp³-hybridized carbons (Fsp3) is 0.176. The summed E-state index contributed by atoms with van der Waals surface area (Å²) < 4.78 is 12.3. The third-order valence-corrected chi connectivity index (χ3v) is 3.90. The van der Waals surface area contributed by atoms with Gasteiger partial charge in [-0.1, -0.05) is 28.1 Å². The first-order valence-corrected chi connectivity index (χ1v) is 7.55. The number of furan rings is 1. The normalized spacial score (nSPS) is 12.3. The Morgan fingerprint density at radius 1 is 1.14 bits per heavy atom. The molecular formula is C17H16BrNO2.